The van der Waals surface area contributed by atoms with Gasteiger partial charge in [-0.2, -0.15) is 4.31 Å². The molecule has 156 valence electrons. The van der Waals surface area contributed by atoms with Crippen molar-refractivity contribution in [2.75, 3.05) is 19.7 Å². The van der Waals surface area contributed by atoms with Crippen molar-refractivity contribution < 1.29 is 17.9 Å². The van der Waals surface area contributed by atoms with Crippen LogP contribution >= 0.6 is 11.6 Å². The van der Waals surface area contributed by atoms with E-state index in [1.54, 1.807) is 30.3 Å². The molecule has 1 aliphatic heterocycles. The Morgan fingerprint density at radius 2 is 1.86 bits per heavy atom. The van der Waals surface area contributed by atoms with Crippen LogP contribution in [0.4, 0.5) is 0 Å². The molecule has 1 amide bonds. The average Bonchev–Trinajstić information content (AvgIpc) is 2.72. The normalized spacial score (nSPS) is 16.2. The van der Waals surface area contributed by atoms with E-state index in [2.05, 4.69) is 5.32 Å². The van der Waals surface area contributed by atoms with Crippen molar-refractivity contribution in [2.45, 2.75) is 31.7 Å². The zero-order valence-electron chi connectivity index (χ0n) is 16.5. The first-order valence-corrected chi connectivity index (χ1v) is 11.4. The second kappa shape index (κ2) is 9.15. The molecule has 0 bridgehead atoms. The van der Waals surface area contributed by atoms with Gasteiger partial charge in [0.25, 0.3) is 0 Å². The van der Waals surface area contributed by atoms with E-state index in [9.17, 15) is 13.2 Å². The Morgan fingerprint density at radius 1 is 1.17 bits per heavy atom. The summed E-state index contributed by atoms with van der Waals surface area (Å²) in [4.78, 5) is 12.8. The number of carbonyl (C=O) groups is 1. The molecular formula is C21H25ClN2O4S. The Bertz CT molecular complexity index is 973. The van der Waals surface area contributed by atoms with Crippen molar-refractivity contribution in [3.05, 3.63) is 58.6 Å². The number of amides is 1. The van der Waals surface area contributed by atoms with E-state index in [-0.39, 0.29) is 16.7 Å². The summed E-state index contributed by atoms with van der Waals surface area (Å²) in [6, 6.07) is 12.0. The summed E-state index contributed by atoms with van der Waals surface area (Å²) in [5.41, 5.74) is 1.76. The molecular weight excluding hydrogens is 412 g/mol. The molecule has 2 aromatic rings. The molecule has 1 heterocycles. The lowest BCUT2D eigenvalue weighted by Crippen LogP contribution is -2.37. The van der Waals surface area contributed by atoms with E-state index in [0.717, 1.165) is 16.9 Å². The lowest BCUT2D eigenvalue weighted by molar-refractivity contribution is -0.126. The van der Waals surface area contributed by atoms with Gasteiger partial charge in [0.05, 0.1) is 10.8 Å². The third-order valence-corrected chi connectivity index (χ3v) is 7.33. The van der Waals surface area contributed by atoms with Crippen molar-refractivity contribution in [1.29, 1.82) is 0 Å². The Hall–Kier alpha value is -2.09. The fraction of sp³-hybridized carbons (Fsp3) is 0.381. The van der Waals surface area contributed by atoms with E-state index < -0.39 is 10.0 Å². The Balaban J connectivity index is 1.60. The Kier molecular flexibility index (Phi) is 6.82. The van der Waals surface area contributed by atoms with Crippen LogP contribution in [-0.4, -0.2) is 38.3 Å². The average molecular weight is 437 g/mol. The number of hydrogen-bond acceptors (Lipinski definition) is 4. The second-order valence-corrected chi connectivity index (χ2v) is 9.29. The number of ether oxygens (including phenoxy) is 1. The SMILES string of the molecule is CCN(CC)S(=O)(=O)c1ccc(CNC(=O)[C@H]2COc3ccc(Cl)cc3C2)cc1. The fourth-order valence-corrected chi connectivity index (χ4v) is 5.01. The van der Waals surface area contributed by atoms with Gasteiger partial charge in [0, 0.05) is 24.7 Å². The van der Waals surface area contributed by atoms with E-state index in [1.165, 1.54) is 4.31 Å². The van der Waals surface area contributed by atoms with Gasteiger partial charge >= 0.3 is 0 Å². The monoisotopic (exact) mass is 436 g/mol. The topological polar surface area (TPSA) is 75.7 Å². The molecule has 1 N–H and O–H groups in total. The van der Waals surface area contributed by atoms with E-state index in [1.807, 2.05) is 26.0 Å². The van der Waals surface area contributed by atoms with E-state index in [4.69, 9.17) is 16.3 Å². The maximum atomic E-state index is 12.5. The van der Waals surface area contributed by atoms with Gasteiger partial charge in [0.15, 0.2) is 0 Å². The van der Waals surface area contributed by atoms with Crippen LogP contribution < -0.4 is 10.1 Å². The summed E-state index contributed by atoms with van der Waals surface area (Å²) in [6.45, 7) is 5.12. The molecule has 0 aliphatic carbocycles. The minimum Gasteiger partial charge on any atom is -0.492 e. The highest BCUT2D eigenvalue weighted by Crippen LogP contribution is 2.29. The van der Waals surface area contributed by atoms with Crippen molar-refractivity contribution >= 4 is 27.5 Å². The van der Waals surface area contributed by atoms with Crippen molar-refractivity contribution in [3.8, 4) is 5.75 Å². The quantitative estimate of drug-likeness (QED) is 0.722. The number of rotatable bonds is 7. The number of halogens is 1. The molecule has 3 rings (SSSR count). The van der Waals surface area contributed by atoms with Gasteiger partial charge in [-0.1, -0.05) is 37.6 Å². The van der Waals surface area contributed by atoms with Gasteiger partial charge in [-0.05, 0) is 47.9 Å². The predicted octanol–water partition coefficient (Wildman–Crippen LogP) is 3.24. The zero-order chi connectivity index (χ0) is 21.0. The Labute approximate surface area is 176 Å². The van der Waals surface area contributed by atoms with Crippen molar-refractivity contribution in [1.82, 2.24) is 9.62 Å². The number of carbonyl (C=O) groups excluding carboxylic acids is 1. The number of benzene rings is 2. The van der Waals surface area contributed by atoms with Crippen LogP contribution in [0.1, 0.15) is 25.0 Å². The van der Waals surface area contributed by atoms with Gasteiger partial charge < -0.3 is 10.1 Å². The smallest absolute Gasteiger partial charge is 0.243 e. The minimum atomic E-state index is -3.48. The molecule has 1 aliphatic rings. The molecule has 0 saturated heterocycles. The first-order valence-electron chi connectivity index (χ1n) is 9.63. The third kappa shape index (κ3) is 4.91. The summed E-state index contributed by atoms with van der Waals surface area (Å²) in [5, 5.41) is 3.52. The van der Waals surface area contributed by atoms with E-state index in [0.29, 0.717) is 37.7 Å². The first-order chi connectivity index (χ1) is 13.8. The van der Waals surface area contributed by atoms with Gasteiger partial charge in [0.2, 0.25) is 15.9 Å². The fourth-order valence-electron chi connectivity index (χ4n) is 3.36. The van der Waals surface area contributed by atoms with Crippen LogP contribution in [0.2, 0.25) is 5.02 Å². The molecule has 0 aromatic heterocycles. The molecule has 0 saturated carbocycles. The van der Waals surface area contributed by atoms with Crippen molar-refractivity contribution in [2.24, 2.45) is 5.92 Å². The summed E-state index contributed by atoms with van der Waals surface area (Å²) in [6.07, 6.45) is 0.572. The van der Waals surface area contributed by atoms with E-state index >= 15 is 0 Å². The second-order valence-electron chi connectivity index (χ2n) is 6.92. The molecule has 1 atom stereocenters. The highest BCUT2D eigenvalue weighted by Gasteiger charge is 2.26. The minimum absolute atomic E-state index is 0.101. The number of nitrogens with one attached hydrogen (secondary N) is 1. The number of hydrogen-bond donors (Lipinski definition) is 1. The summed E-state index contributed by atoms with van der Waals surface area (Å²) < 4.78 is 32.2. The highest BCUT2D eigenvalue weighted by atomic mass is 35.5. The first kappa shape index (κ1) is 21.6. The van der Waals surface area contributed by atoms with Gasteiger partial charge in [-0.15, -0.1) is 0 Å². The van der Waals surface area contributed by atoms with Crippen LogP contribution in [0, 0.1) is 5.92 Å². The van der Waals surface area contributed by atoms with Crippen LogP contribution in [0.5, 0.6) is 5.75 Å². The molecule has 29 heavy (non-hydrogen) atoms. The standard InChI is InChI=1S/C21H25ClN2O4S/c1-3-24(4-2)29(26,27)19-8-5-15(6-9-19)13-23-21(25)17-11-16-12-18(22)7-10-20(16)28-14-17/h5-10,12,17H,3-4,11,13-14H2,1-2H3,(H,23,25)/t17-/m1/s1. The molecule has 6 nitrogen and oxygen atoms in total. The lowest BCUT2D eigenvalue weighted by Gasteiger charge is -2.24. The summed E-state index contributed by atoms with van der Waals surface area (Å²) >= 11 is 6.03. The van der Waals surface area contributed by atoms with Crippen LogP contribution in [0.15, 0.2) is 47.4 Å². The lowest BCUT2D eigenvalue weighted by atomic mass is 9.96. The van der Waals surface area contributed by atoms with Gasteiger partial charge in [-0.3, -0.25) is 4.79 Å². The predicted molar refractivity (Wildman–Crippen MR) is 113 cm³/mol. The number of fused-ring (bicyclic) bond motifs is 1. The van der Waals surface area contributed by atoms with Gasteiger partial charge in [0.1, 0.15) is 12.4 Å². The highest BCUT2D eigenvalue weighted by molar-refractivity contribution is 7.89. The maximum absolute atomic E-state index is 12.5. The molecule has 0 radical (unpaired) electrons. The largest absolute Gasteiger partial charge is 0.492 e. The third-order valence-electron chi connectivity index (χ3n) is 5.03. The summed E-state index contributed by atoms with van der Waals surface area (Å²) in [7, 11) is -3.48. The number of nitrogens with zero attached hydrogens (tertiary/aromatic N) is 1. The molecule has 0 spiro atoms. The molecule has 0 fully saturated rings. The zero-order valence-corrected chi connectivity index (χ0v) is 18.1. The van der Waals surface area contributed by atoms with Crippen LogP contribution in [-0.2, 0) is 27.8 Å². The van der Waals surface area contributed by atoms with Crippen LogP contribution in [0.3, 0.4) is 0 Å². The molecule has 8 heteroatoms. The maximum Gasteiger partial charge on any atom is 0.243 e. The van der Waals surface area contributed by atoms with Gasteiger partial charge in [-0.25, -0.2) is 8.42 Å². The number of sulfonamides is 1. The summed E-state index contributed by atoms with van der Waals surface area (Å²) in [5.74, 6) is 0.377. The molecule has 0 unspecified atom stereocenters. The Morgan fingerprint density at radius 3 is 2.52 bits per heavy atom. The van der Waals surface area contributed by atoms with Crippen LogP contribution in [0.25, 0.3) is 0 Å². The molecule has 2 aromatic carbocycles. The van der Waals surface area contributed by atoms with Crippen molar-refractivity contribution in [3.63, 3.8) is 0 Å².